The molecule has 2 aromatic carbocycles. The van der Waals surface area contributed by atoms with E-state index in [2.05, 4.69) is 51.6 Å². The average Bonchev–Trinajstić information content (AvgIpc) is 2.85. The number of rotatable bonds is 8. The maximum Gasteiger partial charge on any atom is 0.227 e. The lowest BCUT2D eigenvalue weighted by molar-refractivity contribution is -0.134. The van der Waals surface area contributed by atoms with Crippen molar-refractivity contribution in [2.75, 3.05) is 26.7 Å². The third-order valence-corrected chi connectivity index (χ3v) is 6.58. The third kappa shape index (κ3) is 5.25. The predicted molar refractivity (Wildman–Crippen MR) is 132 cm³/mol. The van der Waals surface area contributed by atoms with Crippen molar-refractivity contribution < 1.29 is 9.53 Å². The molecule has 1 atom stereocenters. The van der Waals surface area contributed by atoms with Crippen LogP contribution in [0.3, 0.4) is 0 Å². The van der Waals surface area contributed by atoms with E-state index < -0.39 is 5.41 Å². The highest BCUT2D eigenvalue weighted by molar-refractivity contribution is 5.84. The molecular formula is C28H33N3O2. The number of methoxy groups -OCH3 is 1. The van der Waals surface area contributed by atoms with Crippen molar-refractivity contribution in [2.24, 2.45) is 5.41 Å². The molecule has 1 aliphatic rings. The van der Waals surface area contributed by atoms with E-state index in [0.717, 1.165) is 54.9 Å². The molecule has 0 saturated carbocycles. The minimum Gasteiger partial charge on any atom is -0.496 e. The summed E-state index contributed by atoms with van der Waals surface area (Å²) in [5.74, 6) is 1.05. The van der Waals surface area contributed by atoms with Crippen LogP contribution in [0.15, 0.2) is 73.1 Å². The van der Waals surface area contributed by atoms with Crippen molar-refractivity contribution in [3.63, 3.8) is 0 Å². The van der Waals surface area contributed by atoms with Gasteiger partial charge in [0.05, 0.1) is 12.5 Å². The lowest BCUT2D eigenvalue weighted by atomic mass is 9.73. The number of carbonyl (C=O) groups is 1. The van der Waals surface area contributed by atoms with Crippen LogP contribution in [0.25, 0.3) is 11.1 Å². The molecule has 4 rings (SSSR count). The fraction of sp³-hybridized carbons (Fsp3) is 0.357. The van der Waals surface area contributed by atoms with Crippen LogP contribution >= 0.6 is 0 Å². The van der Waals surface area contributed by atoms with Gasteiger partial charge >= 0.3 is 0 Å². The number of piperidine rings is 1. The number of hydrogen-bond acceptors (Lipinski definition) is 4. The summed E-state index contributed by atoms with van der Waals surface area (Å²) in [6.45, 7) is 5.10. The predicted octanol–water partition coefficient (Wildman–Crippen LogP) is 4.72. The molecule has 5 heteroatoms. The Morgan fingerprint density at radius 2 is 1.88 bits per heavy atom. The number of carbonyl (C=O) groups excluding carboxylic acids is 1. The van der Waals surface area contributed by atoms with Gasteiger partial charge in [-0.05, 0) is 56.0 Å². The Kier molecular flexibility index (Phi) is 7.40. The smallest absolute Gasteiger partial charge is 0.227 e. The van der Waals surface area contributed by atoms with Gasteiger partial charge in [-0.3, -0.25) is 14.7 Å². The quantitative estimate of drug-likeness (QED) is 0.547. The first-order valence-electron chi connectivity index (χ1n) is 11.8. The Labute approximate surface area is 196 Å². The SMILES string of the molecule is CCNC(=O)C1(Cc2ccccc2-c2cccnc2)CCCN(Cc2ccccc2OC)C1. The average molecular weight is 444 g/mol. The zero-order chi connectivity index (χ0) is 23.1. The second kappa shape index (κ2) is 10.6. The second-order valence-corrected chi connectivity index (χ2v) is 8.84. The number of aromatic nitrogens is 1. The summed E-state index contributed by atoms with van der Waals surface area (Å²) in [7, 11) is 1.71. The molecule has 3 aromatic rings. The summed E-state index contributed by atoms with van der Waals surface area (Å²) < 4.78 is 5.57. The van der Waals surface area contributed by atoms with E-state index >= 15 is 0 Å². The van der Waals surface area contributed by atoms with E-state index in [9.17, 15) is 4.79 Å². The van der Waals surface area contributed by atoms with Crippen molar-refractivity contribution >= 4 is 5.91 Å². The van der Waals surface area contributed by atoms with Gasteiger partial charge in [0, 0.05) is 43.2 Å². The van der Waals surface area contributed by atoms with Crippen molar-refractivity contribution in [3.8, 4) is 16.9 Å². The van der Waals surface area contributed by atoms with Crippen molar-refractivity contribution in [1.29, 1.82) is 0 Å². The maximum atomic E-state index is 13.5. The van der Waals surface area contributed by atoms with Crippen LogP contribution in [0.2, 0.25) is 0 Å². The number of nitrogens with zero attached hydrogens (tertiary/aromatic N) is 2. The fourth-order valence-electron chi connectivity index (χ4n) is 5.04. The minimum absolute atomic E-state index is 0.149. The van der Waals surface area contributed by atoms with E-state index in [0.29, 0.717) is 13.0 Å². The molecule has 0 radical (unpaired) electrons. The topological polar surface area (TPSA) is 54.5 Å². The number of likely N-dealkylation sites (tertiary alicyclic amines) is 1. The fourth-order valence-corrected chi connectivity index (χ4v) is 5.04. The highest BCUT2D eigenvalue weighted by Gasteiger charge is 2.42. The first kappa shape index (κ1) is 23.0. The van der Waals surface area contributed by atoms with Crippen LogP contribution in [-0.4, -0.2) is 42.5 Å². The standard InChI is InChI=1S/C28H33N3O2/c1-3-30-27(32)28(18-22-10-4-6-13-25(22)23-12-8-16-29-19-23)15-9-17-31(21-28)20-24-11-5-7-14-26(24)33-2/h4-8,10-14,16,19H,3,9,15,17-18,20-21H2,1-2H3,(H,30,32). The molecule has 1 aromatic heterocycles. The first-order chi connectivity index (χ1) is 16.1. The van der Waals surface area contributed by atoms with Gasteiger partial charge in [0.1, 0.15) is 5.75 Å². The molecule has 1 saturated heterocycles. The molecule has 1 aliphatic heterocycles. The molecule has 1 unspecified atom stereocenters. The van der Waals surface area contributed by atoms with Gasteiger partial charge in [-0.1, -0.05) is 48.5 Å². The van der Waals surface area contributed by atoms with Crippen LogP contribution in [0.5, 0.6) is 5.75 Å². The Hall–Kier alpha value is -3.18. The summed E-state index contributed by atoms with van der Waals surface area (Å²) in [4.78, 5) is 20.2. The first-order valence-corrected chi connectivity index (χ1v) is 11.8. The Morgan fingerprint density at radius 3 is 2.64 bits per heavy atom. The monoisotopic (exact) mass is 443 g/mol. The summed E-state index contributed by atoms with van der Waals surface area (Å²) in [6, 6.07) is 20.6. The number of nitrogens with one attached hydrogen (secondary N) is 1. The Morgan fingerprint density at radius 1 is 1.09 bits per heavy atom. The zero-order valence-electron chi connectivity index (χ0n) is 19.6. The van der Waals surface area contributed by atoms with E-state index in [-0.39, 0.29) is 5.91 Å². The summed E-state index contributed by atoms with van der Waals surface area (Å²) >= 11 is 0. The lowest BCUT2D eigenvalue weighted by Gasteiger charge is -2.42. The molecule has 172 valence electrons. The molecule has 5 nitrogen and oxygen atoms in total. The van der Waals surface area contributed by atoms with E-state index in [1.54, 1.807) is 13.3 Å². The Balaban J connectivity index is 1.64. The van der Waals surface area contributed by atoms with Gasteiger partial charge in [-0.2, -0.15) is 0 Å². The van der Waals surface area contributed by atoms with Gasteiger partial charge in [-0.15, -0.1) is 0 Å². The maximum absolute atomic E-state index is 13.5. The van der Waals surface area contributed by atoms with E-state index in [4.69, 9.17) is 4.74 Å². The Bertz CT molecular complexity index is 1070. The molecule has 33 heavy (non-hydrogen) atoms. The van der Waals surface area contributed by atoms with E-state index in [1.165, 1.54) is 5.56 Å². The summed E-state index contributed by atoms with van der Waals surface area (Å²) in [5, 5.41) is 3.14. The molecule has 2 heterocycles. The van der Waals surface area contributed by atoms with Crippen molar-refractivity contribution in [1.82, 2.24) is 15.2 Å². The van der Waals surface area contributed by atoms with E-state index in [1.807, 2.05) is 37.4 Å². The van der Waals surface area contributed by atoms with Gasteiger partial charge in [-0.25, -0.2) is 0 Å². The van der Waals surface area contributed by atoms with Crippen LogP contribution < -0.4 is 10.1 Å². The molecule has 1 N–H and O–H groups in total. The number of benzene rings is 2. The van der Waals surface area contributed by atoms with Crippen LogP contribution in [-0.2, 0) is 17.8 Å². The second-order valence-electron chi connectivity index (χ2n) is 8.84. The van der Waals surface area contributed by atoms with Gasteiger partial charge in [0.2, 0.25) is 5.91 Å². The number of ether oxygens (including phenoxy) is 1. The number of hydrogen-bond donors (Lipinski definition) is 1. The van der Waals surface area contributed by atoms with Crippen LogP contribution in [0, 0.1) is 5.41 Å². The molecule has 0 aliphatic carbocycles. The number of amides is 1. The normalized spacial score (nSPS) is 18.6. The largest absolute Gasteiger partial charge is 0.496 e. The summed E-state index contributed by atoms with van der Waals surface area (Å²) in [6.07, 6.45) is 6.25. The molecule has 1 amide bonds. The van der Waals surface area contributed by atoms with Gasteiger partial charge in [0.25, 0.3) is 0 Å². The zero-order valence-corrected chi connectivity index (χ0v) is 19.6. The number of para-hydroxylation sites is 1. The van der Waals surface area contributed by atoms with Crippen LogP contribution in [0.4, 0.5) is 0 Å². The molecule has 1 fully saturated rings. The highest BCUT2D eigenvalue weighted by atomic mass is 16.5. The minimum atomic E-state index is -0.478. The third-order valence-electron chi connectivity index (χ3n) is 6.58. The lowest BCUT2D eigenvalue weighted by Crippen LogP contribution is -2.53. The summed E-state index contributed by atoms with van der Waals surface area (Å²) in [5.41, 5.74) is 4.10. The number of pyridine rings is 1. The molecule has 0 bridgehead atoms. The van der Waals surface area contributed by atoms with Crippen molar-refractivity contribution in [2.45, 2.75) is 32.7 Å². The highest BCUT2D eigenvalue weighted by Crippen LogP contribution is 2.38. The van der Waals surface area contributed by atoms with Crippen LogP contribution in [0.1, 0.15) is 30.9 Å². The molecular weight excluding hydrogens is 410 g/mol. The van der Waals surface area contributed by atoms with Crippen molar-refractivity contribution in [3.05, 3.63) is 84.2 Å². The van der Waals surface area contributed by atoms with Gasteiger partial charge in [0.15, 0.2) is 0 Å². The molecule has 0 spiro atoms. The van der Waals surface area contributed by atoms with Gasteiger partial charge < -0.3 is 10.1 Å².